The Hall–Kier alpha value is -3.22. The van der Waals surface area contributed by atoms with E-state index in [0.29, 0.717) is 19.4 Å². The van der Waals surface area contributed by atoms with Crippen LogP contribution in [0.3, 0.4) is 0 Å². The van der Waals surface area contributed by atoms with Crippen molar-refractivity contribution in [2.24, 2.45) is 0 Å². The Morgan fingerprint density at radius 3 is 2.70 bits per heavy atom. The summed E-state index contributed by atoms with van der Waals surface area (Å²) in [5.74, 6) is -0.334. The van der Waals surface area contributed by atoms with E-state index in [1.807, 2.05) is 6.07 Å². The number of hydrogen-bond acceptors (Lipinski definition) is 6. The summed E-state index contributed by atoms with van der Waals surface area (Å²) in [5, 5.41) is 9.03. The van der Waals surface area contributed by atoms with Crippen LogP contribution < -0.4 is 4.74 Å². The highest BCUT2D eigenvalue weighted by Gasteiger charge is 2.33. The smallest absolute Gasteiger partial charge is 0.433 e. The van der Waals surface area contributed by atoms with Crippen LogP contribution in [-0.2, 0) is 6.18 Å². The van der Waals surface area contributed by atoms with E-state index in [9.17, 15) is 18.0 Å². The van der Waals surface area contributed by atoms with E-state index in [2.05, 4.69) is 15.0 Å². The van der Waals surface area contributed by atoms with Gasteiger partial charge in [0, 0.05) is 25.1 Å². The van der Waals surface area contributed by atoms with E-state index in [4.69, 9.17) is 10.00 Å². The van der Waals surface area contributed by atoms with Crippen molar-refractivity contribution < 1.29 is 22.7 Å². The molecule has 0 aliphatic carbocycles. The lowest BCUT2D eigenvalue weighted by molar-refractivity contribution is -0.141. The van der Waals surface area contributed by atoms with Gasteiger partial charge in [0.1, 0.15) is 17.9 Å². The SMILES string of the molecule is N#Cc1nccnc1O[C@H]1CCCN(C(=O)c2ccc(C(F)(F)F)nc2)C1. The molecule has 0 N–H and O–H groups in total. The van der Waals surface area contributed by atoms with Crippen molar-refractivity contribution >= 4 is 5.91 Å². The minimum Gasteiger partial charge on any atom is -0.470 e. The number of rotatable bonds is 3. The molecule has 0 radical (unpaired) electrons. The van der Waals surface area contributed by atoms with Crippen LogP contribution in [0.15, 0.2) is 30.7 Å². The number of amides is 1. The fourth-order valence-electron chi connectivity index (χ4n) is 2.74. The monoisotopic (exact) mass is 377 g/mol. The number of piperidine rings is 1. The normalized spacial score (nSPS) is 17.3. The Balaban J connectivity index is 1.69. The van der Waals surface area contributed by atoms with Crippen LogP contribution in [0, 0.1) is 11.3 Å². The van der Waals surface area contributed by atoms with Crippen LogP contribution in [-0.4, -0.2) is 45.0 Å². The van der Waals surface area contributed by atoms with Crippen LogP contribution in [0.2, 0.25) is 0 Å². The van der Waals surface area contributed by atoms with Gasteiger partial charge in [0.05, 0.1) is 12.1 Å². The van der Waals surface area contributed by atoms with E-state index >= 15 is 0 Å². The summed E-state index contributed by atoms with van der Waals surface area (Å²) in [6, 6.07) is 3.77. The Bertz CT molecular complexity index is 864. The molecule has 1 fully saturated rings. The number of ether oxygens (including phenoxy) is 1. The number of carbonyl (C=O) groups excluding carboxylic acids is 1. The topological polar surface area (TPSA) is 92.0 Å². The highest BCUT2D eigenvalue weighted by atomic mass is 19.4. The first-order valence-electron chi connectivity index (χ1n) is 8.09. The molecule has 1 atom stereocenters. The molecule has 3 heterocycles. The number of hydrogen-bond donors (Lipinski definition) is 0. The summed E-state index contributed by atoms with van der Waals surface area (Å²) < 4.78 is 43.5. The van der Waals surface area contributed by atoms with Gasteiger partial charge in [-0.2, -0.15) is 18.4 Å². The fourth-order valence-corrected chi connectivity index (χ4v) is 2.74. The molecule has 1 aliphatic heterocycles. The minimum absolute atomic E-state index is 0.0490. The maximum absolute atomic E-state index is 12.6. The van der Waals surface area contributed by atoms with Crippen molar-refractivity contribution in [2.75, 3.05) is 13.1 Å². The number of aromatic nitrogens is 3. The molecule has 27 heavy (non-hydrogen) atoms. The van der Waals surface area contributed by atoms with Crippen molar-refractivity contribution in [2.45, 2.75) is 25.1 Å². The highest BCUT2D eigenvalue weighted by molar-refractivity contribution is 5.94. The largest absolute Gasteiger partial charge is 0.470 e. The molecule has 7 nitrogen and oxygen atoms in total. The summed E-state index contributed by atoms with van der Waals surface area (Å²) in [6.07, 6.45) is 0.0415. The molecule has 140 valence electrons. The van der Waals surface area contributed by atoms with Gasteiger partial charge in [-0.15, -0.1) is 0 Å². The quantitative estimate of drug-likeness (QED) is 0.816. The summed E-state index contributed by atoms with van der Waals surface area (Å²) in [7, 11) is 0. The summed E-state index contributed by atoms with van der Waals surface area (Å²) in [6.45, 7) is 0.673. The van der Waals surface area contributed by atoms with Gasteiger partial charge in [-0.3, -0.25) is 9.78 Å². The zero-order valence-corrected chi connectivity index (χ0v) is 14.0. The van der Waals surface area contributed by atoms with Crippen LogP contribution in [0.1, 0.15) is 34.6 Å². The van der Waals surface area contributed by atoms with Crippen LogP contribution in [0.25, 0.3) is 0 Å². The molecule has 0 bridgehead atoms. The number of likely N-dealkylation sites (tertiary alicyclic amines) is 1. The van der Waals surface area contributed by atoms with Gasteiger partial charge in [0.25, 0.3) is 11.8 Å². The van der Waals surface area contributed by atoms with Crippen molar-refractivity contribution in [1.29, 1.82) is 5.26 Å². The summed E-state index contributed by atoms with van der Waals surface area (Å²) in [4.78, 5) is 25.2. The zero-order chi connectivity index (χ0) is 19.4. The molecule has 3 rings (SSSR count). The van der Waals surface area contributed by atoms with E-state index in [-0.39, 0.29) is 23.7 Å². The van der Waals surface area contributed by atoms with Crippen molar-refractivity contribution in [3.05, 3.63) is 47.7 Å². The predicted octanol–water partition coefficient (Wildman–Crippen LogP) is 2.45. The first kappa shape index (κ1) is 18.6. The molecule has 0 unspecified atom stereocenters. The molecule has 1 saturated heterocycles. The Kier molecular flexibility index (Phi) is 5.21. The maximum Gasteiger partial charge on any atom is 0.433 e. The third-order valence-corrected chi connectivity index (χ3v) is 4.02. The number of nitrogens with zero attached hydrogens (tertiary/aromatic N) is 5. The zero-order valence-electron chi connectivity index (χ0n) is 14.0. The average molecular weight is 377 g/mol. The average Bonchev–Trinajstić information content (AvgIpc) is 2.67. The third-order valence-electron chi connectivity index (χ3n) is 4.02. The second-order valence-corrected chi connectivity index (χ2v) is 5.89. The minimum atomic E-state index is -4.55. The lowest BCUT2D eigenvalue weighted by Gasteiger charge is -2.32. The molecule has 1 amide bonds. The number of pyridine rings is 1. The second-order valence-electron chi connectivity index (χ2n) is 5.89. The van der Waals surface area contributed by atoms with Crippen molar-refractivity contribution in [1.82, 2.24) is 19.9 Å². The van der Waals surface area contributed by atoms with E-state index in [1.165, 1.54) is 17.3 Å². The van der Waals surface area contributed by atoms with Gasteiger partial charge in [0.15, 0.2) is 0 Å². The lowest BCUT2D eigenvalue weighted by Crippen LogP contribution is -2.44. The lowest BCUT2D eigenvalue weighted by atomic mass is 10.1. The summed E-state index contributed by atoms with van der Waals surface area (Å²) >= 11 is 0. The molecule has 10 heteroatoms. The Morgan fingerprint density at radius 2 is 2.04 bits per heavy atom. The van der Waals surface area contributed by atoms with E-state index in [1.54, 1.807) is 0 Å². The standard InChI is InChI=1S/C17H14F3N5O2/c18-17(19,20)14-4-3-11(9-24-14)16(26)25-7-1-2-12(10-25)27-15-13(8-21)22-5-6-23-15/h3-6,9,12H,1-2,7,10H2/t12-/m0/s1. The molecule has 0 spiro atoms. The van der Waals surface area contributed by atoms with Crippen molar-refractivity contribution in [3.8, 4) is 11.9 Å². The van der Waals surface area contributed by atoms with Crippen LogP contribution in [0.5, 0.6) is 5.88 Å². The number of carbonyl (C=O) groups is 1. The Labute approximate surface area is 152 Å². The van der Waals surface area contributed by atoms with Gasteiger partial charge >= 0.3 is 6.18 Å². The number of alkyl halides is 3. The first-order chi connectivity index (χ1) is 12.9. The number of halogens is 3. The number of nitriles is 1. The van der Waals surface area contributed by atoms with E-state index in [0.717, 1.165) is 18.3 Å². The fraction of sp³-hybridized carbons (Fsp3) is 0.353. The van der Waals surface area contributed by atoms with Crippen molar-refractivity contribution in [3.63, 3.8) is 0 Å². The molecule has 0 saturated carbocycles. The molecule has 1 aliphatic rings. The molecule has 2 aromatic heterocycles. The van der Waals surface area contributed by atoms with E-state index < -0.39 is 23.9 Å². The van der Waals surface area contributed by atoms with Gasteiger partial charge < -0.3 is 9.64 Å². The first-order valence-corrected chi connectivity index (χ1v) is 8.09. The van der Waals surface area contributed by atoms with Crippen LogP contribution >= 0.6 is 0 Å². The molecule has 0 aromatic carbocycles. The maximum atomic E-state index is 12.6. The molecular formula is C17H14F3N5O2. The third kappa shape index (κ3) is 4.31. The second kappa shape index (κ2) is 7.57. The van der Waals surface area contributed by atoms with Gasteiger partial charge in [-0.25, -0.2) is 9.97 Å². The van der Waals surface area contributed by atoms with Crippen LogP contribution in [0.4, 0.5) is 13.2 Å². The Morgan fingerprint density at radius 1 is 1.26 bits per heavy atom. The van der Waals surface area contributed by atoms with Gasteiger partial charge in [-0.1, -0.05) is 0 Å². The highest BCUT2D eigenvalue weighted by Crippen LogP contribution is 2.27. The summed E-state index contributed by atoms with van der Waals surface area (Å²) in [5.41, 5.74) is -0.931. The predicted molar refractivity (Wildman–Crippen MR) is 85.5 cm³/mol. The molecular weight excluding hydrogens is 363 g/mol. The molecule has 2 aromatic rings. The van der Waals surface area contributed by atoms with Gasteiger partial charge in [-0.05, 0) is 25.0 Å². The van der Waals surface area contributed by atoms with Gasteiger partial charge in [0.2, 0.25) is 5.69 Å².